The molecule has 0 bridgehead atoms. The number of nitrogens with zero attached hydrogens (tertiary/aromatic N) is 2. The third-order valence-corrected chi connectivity index (χ3v) is 5.93. The quantitative estimate of drug-likeness (QED) is 0.484. The second-order valence-corrected chi connectivity index (χ2v) is 8.41. The van der Waals surface area contributed by atoms with E-state index in [2.05, 4.69) is 31.7 Å². The van der Waals surface area contributed by atoms with E-state index in [-0.39, 0.29) is 23.8 Å². The fraction of sp³-hybridized carbons (Fsp3) is 0.273. The maximum Gasteiger partial charge on any atom is 0.410 e. The second-order valence-electron chi connectivity index (χ2n) is 7.50. The van der Waals surface area contributed by atoms with Crippen LogP contribution in [0.15, 0.2) is 65.3 Å². The van der Waals surface area contributed by atoms with E-state index in [9.17, 15) is 18.0 Å². The lowest BCUT2D eigenvalue weighted by Crippen LogP contribution is -2.36. The molecule has 0 aliphatic carbocycles. The van der Waals surface area contributed by atoms with Crippen LogP contribution in [0.2, 0.25) is 0 Å². The zero-order chi connectivity index (χ0) is 22.2. The molecule has 1 aliphatic heterocycles. The molecule has 2 heterocycles. The van der Waals surface area contributed by atoms with E-state index in [4.69, 9.17) is 0 Å². The first-order valence-electron chi connectivity index (χ1n) is 9.76. The smallest absolute Gasteiger partial charge is 0.363 e. The maximum absolute atomic E-state index is 13.8. The summed E-state index contributed by atoms with van der Waals surface area (Å²) in [4.78, 5) is 12.9. The summed E-state index contributed by atoms with van der Waals surface area (Å²) >= 11 is 3.34. The number of nitrogens with one attached hydrogen (secondary N) is 2. The van der Waals surface area contributed by atoms with Gasteiger partial charge in [-0.2, -0.15) is 18.3 Å². The first-order valence-corrected chi connectivity index (χ1v) is 10.6. The number of amides is 1. The molecule has 0 fully saturated rings. The van der Waals surface area contributed by atoms with E-state index in [0.29, 0.717) is 5.56 Å². The van der Waals surface area contributed by atoms with Crippen molar-refractivity contribution < 1.29 is 18.0 Å². The van der Waals surface area contributed by atoms with Crippen LogP contribution in [-0.2, 0) is 0 Å². The van der Waals surface area contributed by atoms with Gasteiger partial charge in [0.1, 0.15) is 11.4 Å². The van der Waals surface area contributed by atoms with E-state index in [1.165, 1.54) is 6.20 Å². The molecular formula is C22H20BrF3N4O. The molecule has 4 rings (SSSR count). The van der Waals surface area contributed by atoms with Gasteiger partial charge in [-0.1, -0.05) is 58.4 Å². The van der Waals surface area contributed by atoms with Crippen molar-refractivity contribution in [3.63, 3.8) is 0 Å². The number of carbonyl (C=O) groups excluding carboxylic acids is 1. The summed E-state index contributed by atoms with van der Waals surface area (Å²) in [7, 11) is 0. The summed E-state index contributed by atoms with van der Waals surface area (Å²) in [6.07, 6.45) is -3.53. The highest BCUT2D eigenvalue weighted by Gasteiger charge is 2.47. The molecule has 0 radical (unpaired) electrons. The summed E-state index contributed by atoms with van der Waals surface area (Å²) in [5.41, 5.74) is 1.68. The van der Waals surface area contributed by atoms with E-state index < -0.39 is 24.2 Å². The van der Waals surface area contributed by atoms with Crippen LogP contribution in [0.1, 0.15) is 53.0 Å². The molecule has 1 amide bonds. The number of carbonyl (C=O) groups is 1. The number of hydrogen-bond donors (Lipinski definition) is 2. The topological polar surface area (TPSA) is 59.0 Å². The first-order chi connectivity index (χ1) is 14.7. The molecule has 2 aromatic carbocycles. The van der Waals surface area contributed by atoms with Crippen LogP contribution in [0.25, 0.3) is 0 Å². The number of halogens is 4. The number of aromatic nitrogens is 2. The molecule has 3 aromatic rings. The molecule has 162 valence electrons. The van der Waals surface area contributed by atoms with Gasteiger partial charge in [-0.15, -0.1) is 0 Å². The fourth-order valence-corrected chi connectivity index (χ4v) is 4.01. The molecule has 0 spiro atoms. The summed E-state index contributed by atoms with van der Waals surface area (Å²) in [6, 6.07) is 13.7. The van der Waals surface area contributed by atoms with Crippen molar-refractivity contribution in [3.8, 4) is 0 Å². The van der Waals surface area contributed by atoms with Crippen LogP contribution in [-0.4, -0.2) is 21.9 Å². The monoisotopic (exact) mass is 492 g/mol. The summed E-state index contributed by atoms with van der Waals surface area (Å²) in [5.74, 6) is -0.415. The minimum absolute atomic E-state index is 0.0688. The van der Waals surface area contributed by atoms with Gasteiger partial charge in [-0.3, -0.25) is 4.79 Å². The molecule has 5 nitrogen and oxygen atoms in total. The maximum atomic E-state index is 13.8. The highest BCUT2D eigenvalue weighted by atomic mass is 79.9. The minimum Gasteiger partial charge on any atom is -0.363 e. The Morgan fingerprint density at radius 1 is 1.19 bits per heavy atom. The number of hydrogen-bond acceptors (Lipinski definition) is 3. The Labute approximate surface area is 185 Å². The Kier molecular flexibility index (Phi) is 5.79. The van der Waals surface area contributed by atoms with E-state index in [1.54, 1.807) is 24.3 Å². The lowest BCUT2D eigenvalue weighted by molar-refractivity contribution is -0.173. The lowest BCUT2D eigenvalue weighted by atomic mass is 9.96. The minimum atomic E-state index is -4.50. The van der Waals surface area contributed by atoms with E-state index in [0.717, 1.165) is 14.7 Å². The standard InChI is InChI=1S/C22H20BrF3N4O/c1-13(14-5-3-2-4-6-14)28-21(31)17-12-27-30-19(22(24,25)26)11-18(29-20(17)30)15-7-9-16(23)10-8-15/h2-10,12-13,18-19,29H,11H2,1H3,(H,28,31)/t13?,18-,19+/m0/s1. The number of alkyl halides is 3. The SMILES string of the molecule is CC(NC(=O)c1cnn2c1N[C@H](c1ccc(Br)cc1)C[C@@H]2C(F)(F)F)c1ccccc1. The van der Waals surface area contributed by atoms with Crippen molar-refractivity contribution in [1.29, 1.82) is 0 Å². The highest BCUT2D eigenvalue weighted by Crippen LogP contribution is 2.44. The Morgan fingerprint density at radius 3 is 2.52 bits per heavy atom. The lowest BCUT2D eigenvalue weighted by Gasteiger charge is -2.34. The normalized spacial score (nSPS) is 19.3. The Morgan fingerprint density at radius 2 is 1.87 bits per heavy atom. The second kappa shape index (κ2) is 8.37. The zero-order valence-electron chi connectivity index (χ0n) is 16.5. The Hall–Kier alpha value is -2.81. The van der Waals surface area contributed by atoms with Crippen LogP contribution in [0.3, 0.4) is 0 Å². The van der Waals surface area contributed by atoms with E-state index in [1.807, 2.05) is 37.3 Å². The largest absolute Gasteiger partial charge is 0.410 e. The van der Waals surface area contributed by atoms with Gasteiger partial charge >= 0.3 is 6.18 Å². The molecule has 9 heteroatoms. The van der Waals surface area contributed by atoms with Crippen molar-refractivity contribution in [2.75, 3.05) is 5.32 Å². The Balaban J connectivity index is 1.65. The van der Waals surface area contributed by atoms with Crippen LogP contribution in [0.5, 0.6) is 0 Å². The number of benzene rings is 2. The first kappa shape index (κ1) is 21.4. The third-order valence-electron chi connectivity index (χ3n) is 5.40. The summed E-state index contributed by atoms with van der Waals surface area (Å²) in [6.45, 7) is 1.82. The van der Waals surface area contributed by atoms with Gasteiger partial charge in [0, 0.05) is 10.9 Å². The Bertz CT molecular complexity index is 1070. The molecule has 2 N–H and O–H groups in total. The predicted octanol–water partition coefficient (Wildman–Crippen LogP) is 5.80. The molecule has 3 atom stereocenters. The van der Waals surface area contributed by atoms with Gasteiger partial charge in [0.2, 0.25) is 0 Å². The van der Waals surface area contributed by atoms with Crippen LogP contribution in [0, 0.1) is 0 Å². The van der Waals surface area contributed by atoms with Gasteiger partial charge in [-0.05, 0) is 30.2 Å². The average molecular weight is 493 g/mol. The van der Waals surface area contributed by atoms with E-state index >= 15 is 0 Å². The van der Waals surface area contributed by atoms with Crippen LogP contribution < -0.4 is 10.6 Å². The zero-order valence-corrected chi connectivity index (χ0v) is 18.1. The van der Waals surface area contributed by atoms with Gasteiger partial charge in [0.15, 0.2) is 6.04 Å². The predicted molar refractivity (Wildman–Crippen MR) is 115 cm³/mol. The summed E-state index contributed by atoms with van der Waals surface area (Å²) in [5, 5.41) is 9.86. The third kappa shape index (κ3) is 4.46. The average Bonchev–Trinajstić information content (AvgIpc) is 3.17. The van der Waals surface area contributed by atoms with Crippen molar-refractivity contribution in [1.82, 2.24) is 15.1 Å². The van der Waals surface area contributed by atoms with Crippen LogP contribution in [0.4, 0.5) is 19.0 Å². The molecule has 0 saturated carbocycles. The molecular weight excluding hydrogens is 473 g/mol. The number of fused-ring (bicyclic) bond motifs is 1. The summed E-state index contributed by atoms with van der Waals surface area (Å²) < 4.78 is 43.2. The number of anilines is 1. The van der Waals surface area contributed by atoms with Crippen molar-refractivity contribution in [2.45, 2.75) is 37.6 Å². The number of rotatable bonds is 4. The highest BCUT2D eigenvalue weighted by molar-refractivity contribution is 9.10. The van der Waals surface area contributed by atoms with Gasteiger partial charge in [0.25, 0.3) is 5.91 Å². The fourth-order valence-electron chi connectivity index (χ4n) is 3.74. The van der Waals surface area contributed by atoms with Crippen molar-refractivity contribution in [3.05, 3.63) is 82.0 Å². The van der Waals surface area contributed by atoms with Gasteiger partial charge in [0.05, 0.1) is 18.3 Å². The van der Waals surface area contributed by atoms with Crippen molar-refractivity contribution in [2.24, 2.45) is 0 Å². The molecule has 1 aliphatic rings. The molecule has 31 heavy (non-hydrogen) atoms. The van der Waals surface area contributed by atoms with Gasteiger partial charge < -0.3 is 10.6 Å². The van der Waals surface area contributed by atoms with Crippen LogP contribution >= 0.6 is 15.9 Å². The molecule has 1 unspecified atom stereocenters. The molecule has 1 aromatic heterocycles. The van der Waals surface area contributed by atoms with Crippen molar-refractivity contribution >= 4 is 27.7 Å². The molecule has 0 saturated heterocycles. The van der Waals surface area contributed by atoms with Gasteiger partial charge in [-0.25, -0.2) is 4.68 Å².